The highest BCUT2D eigenvalue weighted by Gasteiger charge is 2.19. The molecule has 1 heterocycles. The van der Waals surface area contributed by atoms with Crippen molar-refractivity contribution >= 4 is 21.9 Å². The Morgan fingerprint density at radius 1 is 1.44 bits per heavy atom. The zero-order valence-corrected chi connectivity index (χ0v) is 11.3. The lowest BCUT2D eigenvalue weighted by Crippen LogP contribution is -2.04. The van der Waals surface area contributed by atoms with Gasteiger partial charge >= 0.3 is 5.97 Å². The van der Waals surface area contributed by atoms with Gasteiger partial charge in [0.25, 0.3) is 0 Å². The van der Waals surface area contributed by atoms with Crippen LogP contribution in [0.4, 0.5) is 4.39 Å². The van der Waals surface area contributed by atoms with Crippen LogP contribution in [0.5, 0.6) is 0 Å². The highest BCUT2D eigenvalue weighted by molar-refractivity contribution is 9.10. The second-order valence-electron chi connectivity index (χ2n) is 3.90. The van der Waals surface area contributed by atoms with E-state index in [1.807, 2.05) is 0 Å². The average Bonchev–Trinajstić information content (AvgIpc) is 2.57. The number of aryl methyl sites for hydroxylation is 1. The summed E-state index contributed by atoms with van der Waals surface area (Å²) in [4.78, 5) is 11.0. The monoisotopic (exact) mass is 312 g/mol. The summed E-state index contributed by atoms with van der Waals surface area (Å²) in [7, 11) is 0. The molecule has 2 aromatic rings. The van der Waals surface area contributed by atoms with Crippen LogP contribution < -0.4 is 0 Å². The van der Waals surface area contributed by atoms with E-state index in [1.165, 1.54) is 16.8 Å². The molecule has 0 atom stereocenters. The van der Waals surface area contributed by atoms with Gasteiger partial charge in [0.15, 0.2) is 5.69 Å². The fourth-order valence-corrected chi connectivity index (χ4v) is 2.13. The fourth-order valence-electron chi connectivity index (χ4n) is 1.71. The molecular weight excluding hydrogens is 303 g/mol. The fraction of sp³-hybridized carbons (Fsp3) is 0.167. The summed E-state index contributed by atoms with van der Waals surface area (Å²) in [6, 6.07) is 4.27. The number of hydrogen-bond donors (Lipinski definition) is 1. The number of rotatable bonds is 2. The average molecular weight is 313 g/mol. The summed E-state index contributed by atoms with van der Waals surface area (Å²) in [5.41, 5.74) is 1.94. The Balaban J connectivity index is 2.64. The molecule has 4 nitrogen and oxygen atoms in total. The van der Waals surface area contributed by atoms with Crippen LogP contribution in [-0.4, -0.2) is 20.9 Å². The van der Waals surface area contributed by atoms with Crippen molar-refractivity contribution in [3.05, 3.63) is 45.4 Å². The van der Waals surface area contributed by atoms with E-state index >= 15 is 0 Å². The first-order valence-corrected chi connectivity index (χ1v) is 5.96. The SMILES string of the molecule is Cc1cc(F)ccc1-n1nc(C(=O)O)c(Br)c1C. The maximum atomic E-state index is 13.0. The second kappa shape index (κ2) is 4.53. The molecule has 0 saturated carbocycles. The van der Waals surface area contributed by atoms with Gasteiger partial charge in [0, 0.05) is 0 Å². The number of aromatic nitrogens is 2. The van der Waals surface area contributed by atoms with Crippen LogP contribution in [0.2, 0.25) is 0 Å². The molecule has 1 N–H and O–H groups in total. The lowest BCUT2D eigenvalue weighted by Gasteiger charge is -2.07. The summed E-state index contributed by atoms with van der Waals surface area (Å²) < 4.78 is 15.0. The number of nitrogens with zero attached hydrogens (tertiary/aromatic N) is 2. The van der Waals surface area contributed by atoms with E-state index in [9.17, 15) is 9.18 Å². The smallest absolute Gasteiger partial charge is 0.357 e. The van der Waals surface area contributed by atoms with Crippen LogP contribution in [0.15, 0.2) is 22.7 Å². The minimum absolute atomic E-state index is 0.0591. The van der Waals surface area contributed by atoms with Crippen molar-refractivity contribution in [3.63, 3.8) is 0 Å². The van der Waals surface area contributed by atoms with E-state index in [1.54, 1.807) is 19.9 Å². The van der Waals surface area contributed by atoms with Crippen LogP contribution in [0, 0.1) is 19.7 Å². The first kappa shape index (κ1) is 12.8. The zero-order valence-electron chi connectivity index (χ0n) is 9.74. The van der Waals surface area contributed by atoms with Crippen LogP contribution in [0.1, 0.15) is 21.7 Å². The predicted molar refractivity (Wildman–Crippen MR) is 67.7 cm³/mol. The van der Waals surface area contributed by atoms with Crippen molar-refractivity contribution in [1.82, 2.24) is 9.78 Å². The zero-order chi connectivity index (χ0) is 13.4. The molecular formula is C12H10BrFN2O2. The molecule has 1 aromatic heterocycles. The molecule has 2 rings (SSSR count). The highest BCUT2D eigenvalue weighted by Crippen LogP contribution is 2.25. The van der Waals surface area contributed by atoms with Crippen LogP contribution in [0.25, 0.3) is 5.69 Å². The number of carboxylic acid groups (broad SMARTS) is 1. The maximum absolute atomic E-state index is 13.0. The topological polar surface area (TPSA) is 55.1 Å². The summed E-state index contributed by atoms with van der Waals surface area (Å²) >= 11 is 3.20. The maximum Gasteiger partial charge on any atom is 0.357 e. The van der Waals surface area contributed by atoms with Crippen molar-refractivity contribution in [2.24, 2.45) is 0 Å². The third-order valence-corrected chi connectivity index (χ3v) is 3.58. The molecule has 0 aliphatic rings. The molecule has 0 aliphatic carbocycles. The predicted octanol–water partition coefficient (Wildman–Crippen LogP) is 3.09. The number of halogens is 2. The number of aromatic carboxylic acids is 1. The molecule has 0 radical (unpaired) electrons. The van der Waals surface area contributed by atoms with Crippen molar-refractivity contribution < 1.29 is 14.3 Å². The van der Waals surface area contributed by atoms with Gasteiger partial charge in [-0.3, -0.25) is 0 Å². The molecule has 0 unspecified atom stereocenters. The van der Waals surface area contributed by atoms with Gasteiger partial charge < -0.3 is 5.11 Å². The molecule has 0 bridgehead atoms. The lowest BCUT2D eigenvalue weighted by molar-refractivity contribution is 0.0689. The molecule has 18 heavy (non-hydrogen) atoms. The van der Waals surface area contributed by atoms with Crippen LogP contribution in [0.3, 0.4) is 0 Å². The van der Waals surface area contributed by atoms with E-state index < -0.39 is 5.97 Å². The molecule has 94 valence electrons. The van der Waals surface area contributed by atoms with Gasteiger partial charge in [-0.05, 0) is 53.5 Å². The number of carbonyl (C=O) groups is 1. The van der Waals surface area contributed by atoms with E-state index in [0.717, 1.165) is 0 Å². The van der Waals surface area contributed by atoms with E-state index in [4.69, 9.17) is 5.11 Å². The normalized spacial score (nSPS) is 10.7. The Morgan fingerprint density at radius 3 is 2.61 bits per heavy atom. The second-order valence-corrected chi connectivity index (χ2v) is 4.69. The number of hydrogen-bond acceptors (Lipinski definition) is 2. The van der Waals surface area contributed by atoms with Gasteiger partial charge in [0.1, 0.15) is 5.82 Å². The summed E-state index contributed by atoms with van der Waals surface area (Å²) in [5.74, 6) is -1.44. The van der Waals surface area contributed by atoms with Gasteiger partial charge in [0.05, 0.1) is 15.9 Å². The van der Waals surface area contributed by atoms with Gasteiger partial charge in [-0.1, -0.05) is 0 Å². The van der Waals surface area contributed by atoms with Gasteiger partial charge in [-0.15, -0.1) is 0 Å². The number of carboxylic acids is 1. The molecule has 6 heteroatoms. The number of benzene rings is 1. The van der Waals surface area contributed by atoms with Gasteiger partial charge in [-0.2, -0.15) is 5.10 Å². The highest BCUT2D eigenvalue weighted by atomic mass is 79.9. The third kappa shape index (κ3) is 2.03. The Kier molecular flexibility index (Phi) is 3.21. The summed E-state index contributed by atoms with van der Waals surface area (Å²) in [5, 5.41) is 13.0. The molecule has 0 amide bonds. The van der Waals surface area contributed by atoms with Gasteiger partial charge in [0.2, 0.25) is 0 Å². The van der Waals surface area contributed by atoms with Crippen molar-refractivity contribution in [1.29, 1.82) is 0 Å². The summed E-state index contributed by atoms with van der Waals surface area (Å²) in [6.45, 7) is 3.49. The van der Waals surface area contributed by atoms with Crippen molar-refractivity contribution in [2.45, 2.75) is 13.8 Å². The quantitative estimate of drug-likeness (QED) is 0.927. The first-order chi connectivity index (χ1) is 8.41. The van der Waals surface area contributed by atoms with Crippen molar-refractivity contribution in [3.8, 4) is 5.69 Å². The Labute approximate surface area is 111 Å². The first-order valence-electron chi connectivity index (χ1n) is 5.16. The molecule has 1 aromatic carbocycles. The largest absolute Gasteiger partial charge is 0.476 e. The standard InChI is InChI=1S/C12H10BrFN2O2/c1-6-5-8(14)3-4-9(6)16-7(2)10(13)11(15-16)12(17)18/h3-5H,1-2H3,(H,17,18). The van der Waals surface area contributed by atoms with E-state index in [0.29, 0.717) is 21.4 Å². The summed E-state index contributed by atoms with van der Waals surface area (Å²) in [6.07, 6.45) is 0. The molecule has 0 saturated heterocycles. The Morgan fingerprint density at radius 2 is 2.11 bits per heavy atom. The lowest BCUT2D eigenvalue weighted by atomic mass is 10.2. The molecule has 0 spiro atoms. The minimum atomic E-state index is -1.11. The molecule has 0 aliphatic heterocycles. The Bertz CT molecular complexity index is 637. The Hall–Kier alpha value is -1.69. The van der Waals surface area contributed by atoms with Gasteiger partial charge in [-0.25, -0.2) is 13.9 Å². The van der Waals surface area contributed by atoms with Crippen LogP contribution in [-0.2, 0) is 0 Å². The minimum Gasteiger partial charge on any atom is -0.476 e. The van der Waals surface area contributed by atoms with E-state index in [-0.39, 0.29) is 11.5 Å². The third-order valence-electron chi connectivity index (χ3n) is 2.63. The van der Waals surface area contributed by atoms with Crippen LogP contribution >= 0.6 is 15.9 Å². The van der Waals surface area contributed by atoms with Crippen molar-refractivity contribution in [2.75, 3.05) is 0 Å². The van der Waals surface area contributed by atoms with E-state index in [2.05, 4.69) is 21.0 Å². The molecule has 0 fully saturated rings.